The second-order valence-electron chi connectivity index (χ2n) is 5.20. The van der Waals surface area contributed by atoms with E-state index >= 15 is 0 Å². The average molecular weight is 240 g/mol. The Morgan fingerprint density at radius 3 is 2.94 bits per heavy atom. The third kappa shape index (κ3) is 1.86. The Bertz CT molecular complexity index is 278. The van der Waals surface area contributed by atoms with Gasteiger partial charge >= 0.3 is 0 Å². The fourth-order valence-electron chi connectivity index (χ4n) is 3.48. The smallest absolute Gasteiger partial charge is 0.240 e. The molecule has 3 rings (SSSR count). The number of carbonyl (C=O) groups is 1. The number of nitrogens with zero attached hydrogens (tertiary/aromatic N) is 1. The predicted octanol–water partition coefficient (Wildman–Crippen LogP) is 1.44. The lowest BCUT2D eigenvalue weighted by molar-refractivity contribution is -0.137. The van der Waals surface area contributed by atoms with Crippen molar-refractivity contribution in [2.45, 2.75) is 44.2 Å². The normalized spacial score (nSPS) is 38.8. The summed E-state index contributed by atoms with van der Waals surface area (Å²) in [6, 6.07) is 0.679. The Hall–Kier alpha value is -0.220. The predicted molar refractivity (Wildman–Crippen MR) is 66.3 cm³/mol. The molecule has 3 nitrogen and oxygen atoms in total. The molecular weight excluding hydrogens is 220 g/mol. The molecule has 1 N–H and O–H groups in total. The number of piperidine rings is 1. The Kier molecular flexibility index (Phi) is 3.11. The Morgan fingerprint density at radius 1 is 1.25 bits per heavy atom. The van der Waals surface area contributed by atoms with Crippen LogP contribution < -0.4 is 5.32 Å². The Balaban J connectivity index is 1.70. The number of nitrogens with one attached hydrogen (secondary N) is 1. The van der Waals surface area contributed by atoms with Gasteiger partial charge in [0.15, 0.2) is 0 Å². The fourth-order valence-corrected chi connectivity index (χ4v) is 4.41. The lowest BCUT2D eigenvalue weighted by atomic mass is 9.91. The quantitative estimate of drug-likeness (QED) is 0.753. The molecule has 3 aliphatic rings. The summed E-state index contributed by atoms with van der Waals surface area (Å²) in [6.45, 7) is 1.00. The molecule has 0 aromatic carbocycles. The summed E-state index contributed by atoms with van der Waals surface area (Å²) in [5.74, 6) is 3.10. The maximum Gasteiger partial charge on any atom is 0.240 e. The van der Waals surface area contributed by atoms with E-state index in [0.29, 0.717) is 11.9 Å². The molecular formula is C12H20N2OS. The standard InChI is InChI=1S/C12H20N2OS/c15-12(10-7-16-8-13-10)14-6-2-4-9-3-1-5-11(9)14/h9-11,13H,1-8H2. The molecule has 1 saturated carbocycles. The molecule has 4 heteroatoms. The van der Waals surface area contributed by atoms with Gasteiger partial charge in [0.1, 0.15) is 0 Å². The van der Waals surface area contributed by atoms with Crippen molar-refractivity contribution in [3.05, 3.63) is 0 Å². The van der Waals surface area contributed by atoms with Crippen LogP contribution in [0.4, 0.5) is 0 Å². The third-order valence-corrected chi connectivity index (χ3v) is 5.23. The highest BCUT2D eigenvalue weighted by Crippen LogP contribution is 2.37. The topological polar surface area (TPSA) is 32.3 Å². The van der Waals surface area contributed by atoms with E-state index < -0.39 is 0 Å². The highest BCUT2D eigenvalue weighted by atomic mass is 32.2. The van der Waals surface area contributed by atoms with E-state index in [2.05, 4.69) is 10.2 Å². The van der Waals surface area contributed by atoms with Crippen molar-refractivity contribution in [3.8, 4) is 0 Å². The van der Waals surface area contributed by atoms with Gasteiger partial charge in [0.25, 0.3) is 0 Å². The number of thioether (sulfide) groups is 1. The number of hydrogen-bond donors (Lipinski definition) is 1. The van der Waals surface area contributed by atoms with Crippen molar-refractivity contribution in [2.75, 3.05) is 18.2 Å². The minimum absolute atomic E-state index is 0.101. The summed E-state index contributed by atoms with van der Waals surface area (Å²) in [6.07, 6.45) is 6.48. The average Bonchev–Trinajstić information content (AvgIpc) is 2.98. The zero-order valence-corrected chi connectivity index (χ0v) is 10.5. The molecule has 16 heavy (non-hydrogen) atoms. The lowest BCUT2D eigenvalue weighted by Crippen LogP contribution is -2.52. The highest BCUT2D eigenvalue weighted by Gasteiger charge is 2.39. The zero-order chi connectivity index (χ0) is 11.0. The van der Waals surface area contributed by atoms with Crippen LogP contribution in [0.25, 0.3) is 0 Å². The van der Waals surface area contributed by atoms with E-state index in [0.717, 1.165) is 24.1 Å². The van der Waals surface area contributed by atoms with E-state index in [1.165, 1.54) is 32.1 Å². The van der Waals surface area contributed by atoms with E-state index in [-0.39, 0.29) is 6.04 Å². The number of rotatable bonds is 1. The SMILES string of the molecule is O=C(C1CSCN1)N1CCCC2CCCC21. The van der Waals surface area contributed by atoms with Crippen LogP contribution in [0.15, 0.2) is 0 Å². The van der Waals surface area contributed by atoms with E-state index in [9.17, 15) is 4.79 Å². The van der Waals surface area contributed by atoms with Gasteiger partial charge in [0, 0.05) is 24.2 Å². The number of hydrogen-bond acceptors (Lipinski definition) is 3. The molecule has 0 aromatic heterocycles. The van der Waals surface area contributed by atoms with Crippen molar-refractivity contribution >= 4 is 17.7 Å². The molecule has 1 aliphatic carbocycles. The van der Waals surface area contributed by atoms with Crippen LogP contribution in [0.3, 0.4) is 0 Å². The summed E-state index contributed by atoms with van der Waals surface area (Å²) in [4.78, 5) is 14.6. The highest BCUT2D eigenvalue weighted by molar-refractivity contribution is 7.99. The molecule has 0 spiro atoms. The maximum absolute atomic E-state index is 12.4. The Morgan fingerprint density at radius 2 is 2.12 bits per heavy atom. The molecule has 2 saturated heterocycles. The fraction of sp³-hybridized carbons (Fsp3) is 0.917. The molecule has 0 aromatic rings. The molecule has 1 amide bonds. The van der Waals surface area contributed by atoms with Crippen LogP contribution in [0.2, 0.25) is 0 Å². The summed E-state index contributed by atoms with van der Waals surface area (Å²) in [5.41, 5.74) is 0. The van der Waals surface area contributed by atoms with Gasteiger partial charge in [-0.2, -0.15) is 0 Å². The first kappa shape index (κ1) is 10.9. The van der Waals surface area contributed by atoms with Gasteiger partial charge in [-0.15, -0.1) is 11.8 Å². The van der Waals surface area contributed by atoms with E-state index in [4.69, 9.17) is 0 Å². The maximum atomic E-state index is 12.4. The van der Waals surface area contributed by atoms with Gasteiger partial charge in [-0.05, 0) is 31.6 Å². The van der Waals surface area contributed by atoms with Crippen LogP contribution in [-0.2, 0) is 4.79 Å². The van der Waals surface area contributed by atoms with Crippen LogP contribution >= 0.6 is 11.8 Å². The Labute approximate surface area is 101 Å². The second kappa shape index (κ2) is 4.57. The first-order valence-corrected chi connectivity index (χ1v) is 7.63. The van der Waals surface area contributed by atoms with Gasteiger partial charge in [-0.1, -0.05) is 6.42 Å². The summed E-state index contributed by atoms with van der Waals surface area (Å²) < 4.78 is 0. The van der Waals surface area contributed by atoms with Gasteiger partial charge in [-0.3, -0.25) is 10.1 Å². The minimum atomic E-state index is 0.101. The summed E-state index contributed by atoms with van der Waals surface area (Å²) in [5, 5.41) is 3.31. The molecule has 2 aliphatic heterocycles. The van der Waals surface area contributed by atoms with Crippen molar-refractivity contribution in [3.63, 3.8) is 0 Å². The summed E-state index contributed by atoms with van der Waals surface area (Å²) >= 11 is 1.84. The third-order valence-electron chi connectivity index (χ3n) is 4.29. The monoisotopic (exact) mass is 240 g/mol. The largest absolute Gasteiger partial charge is 0.338 e. The van der Waals surface area contributed by atoms with Gasteiger partial charge in [-0.25, -0.2) is 0 Å². The van der Waals surface area contributed by atoms with Crippen LogP contribution in [0, 0.1) is 5.92 Å². The molecule has 90 valence electrons. The number of fused-ring (bicyclic) bond motifs is 1. The van der Waals surface area contributed by atoms with Gasteiger partial charge < -0.3 is 4.90 Å². The van der Waals surface area contributed by atoms with Crippen molar-refractivity contribution < 1.29 is 4.79 Å². The van der Waals surface area contributed by atoms with Gasteiger partial charge in [0.2, 0.25) is 5.91 Å². The first-order valence-electron chi connectivity index (χ1n) is 6.48. The van der Waals surface area contributed by atoms with Crippen molar-refractivity contribution in [1.29, 1.82) is 0 Å². The van der Waals surface area contributed by atoms with Crippen LogP contribution in [0.1, 0.15) is 32.1 Å². The van der Waals surface area contributed by atoms with E-state index in [1.54, 1.807) is 0 Å². The van der Waals surface area contributed by atoms with Gasteiger partial charge in [0.05, 0.1) is 6.04 Å². The molecule has 0 bridgehead atoms. The number of likely N-dealkylation sites (tertiary alicyclic amines) is 1. The van der Waals surface area contributed by atoms with Crippen molar-refractivity contribution in [1.82, 2.24) is 10.2 Å². The molecule has 2 heterocycles. The minimum Gasteiger partial charge on any atom is -0.338 e. The molecule has 0 radical (unpaired) electrons. The molecule has 3 fully saturated rings. The van der Waals surface area contributed by atoms with E-state index in [1.807, 2.05) is 11.8 Å². The lowest BCUT2D eigenvalue weighted by Gasteiger charge is -2.39. The number of amides is 1. The zero-order valence-electron chi connectivity index (χ0n) is 9.65. The molecule has 3 unspecified atom stereocenters. The molecule has 3 atom stereocenters. The summed E-state index contributed by atoms with van der Waals surface area (Å²) in [7, 11) is 0. The van der Waals surface area contributed by atoms with Crippen LogP contribution in [-0.4, -0.2) is 41.1 Å². The van der Waals surface area contributed by atoms with Crippen LogP contribution in [0.5, 0.6) is 0 Å². The number of carbonyl (C=O) groups excluding carboxylic acids is 1. The first-order chi connectivity index (χ1) is 7.86. The second-order valence-corrected chi connectivity index (χ2v) is 6.23. The van der Waals surface area contributed by atoms with Crippen molar-refractivity contribution in [2.24, 2.45) is 5.92 Å².